The Kier molecular flexibility index (Phi) is 5.41. The van der Waals surface area contributed by atoms with E-state index >= 15 is 0 Å². The summed E-state index contributed by atoms with van der Waals surface area (Å²) in [4.78, 5) is 16.9. The second-order valence-corrected chi connectivity index (χ2v) is 6.13. The van der Waals surface area contributed by atoms with Crippen molar-refractivity contribution in [2.75, 3.05) is 46.4 Å². The van der Waals surface area contributed by atoms with Crippen molar-refractivity contribution >= 4 is 5.97 Å². The van der Waals surface area contributed by atoms with Gasteiger partial charge in [0.25, 0.3) is 0 Å². The van der Waals surface area contributed by atoms with E-state index in [0.717, 1.165) is 45.6 Å². The van der Waals surface area contributed by atoms with Gasteiger partial charge in [-0.25, -0.2) is 0 Å². The molecule has 0 bridgehead atoms. The van der Waals surface area contributed by atoms with Gasteiger partial charge in [0.15, 0.2) is 0 Å². The van der Waals surface area contributed by atoms with Crippen LogP contribution in [0.1, 0.15) is 33.1 Å². The van der Waals surface area contributed by atoms with E-state index in [-0.39, 0.29) is 17.6 Å². The number of piperazine rings is 1. The number of carbonyl (C=O) groups is 1. The third-order valence-electron chi connectivity index (χ3n) is 4.59. The Morgan fingerprint density at radius 2 is 2.05 bits per heavy atom. The maximum Gasteiger partial charge on any atom is 0.307 e. The van der Waals surface area contributed by atoms with Crippen LogP contribution < -0.4 is 0 Å². The van der Waals surface area contributed by atoms with Crippen LogP contribution in [0.25, 0.3) is 0 Å². The van der Waals surface area contributed by atoms with E-state index in [1.807, 2.05) is 6.92 Å². The molecule has 2 fully saturated rings. The smallest absolute Gasteiger partial charge is 0.307 e. The Hall–Kier alpha value is -0.650. The molecule has 0 aromatic rings. The van der Waals surface area contributed by atoms with Crippen LogP contribution in [0.15, 0.2) is 0 Å². The van der Waals surface area contributed by atoms with Crippen LogP contribution in [0.2, 0.25) is 0 Å². The molecule has 0 aliphatic carbocycles. The summed E-state index contributed by atoms with van der Waals surface area (Å²) in [7, 11) is 2.15. The third kappa shape index (κ3) is 3.71. The van der Waals surface area contributed by atoms with E-state index in [9.17, 15) is 4.79 Å². The summed E-state index contributed by atoms with van der Waals surface area (Å²) < 4.78 is 10.9. The summed E-state index contributed by atoms with van der Waals surface area (Å²) in [5, 5.41) is 0. The van der Waals surface area contributed by atoms with Crippen molar-refractivity contribution in [1.29, 1.82) is 0 Å². The number of ether oxygens (including phenoxy) is 2. The minimum atomic E-state index is -0.0690. The van der Waals surface area contributed by atoms with E-state index in [1.54, 1.807) is 0 Å². The second-order valence-electron chi connectivity index (χ2n) is 6.13. The minimum Gasteiger partial charge on any atom is -0.466 e. The van der Waals surface area contributed by atoms with Gasteiger partial charge in [0, 0.05) is 38.3 Å². The zero-order valence-electron chi connectivity index (χ0n) is 13.1. The molecule has 2 heterocycles. The number of hydrogen-bond acceptors (Lipinski definition) is 5. The fourth-order valence-electron chi connectivity index (χ4n) is 3.47. The predicted molar refractivity (Wildman–Crippen MR) is 77.7 cm³/mol. The molecule has 5 heteroatoms. The van der Waals surface area contributed by atoms with Gasteiger partial charge < -0.3 is 14.4 Å². The van der Waals surface area contributed by atoms with Crippen molar-refractivity contribution in [2.45, 2.75) is 44.8 Å². The summed E-state index contributed by atoms with van der Waals surface area (Å²) in [6, 6.07) is 0. The highest BCUT2D eigenvalue weighted by molar-refractivity contribution is 5.71. The topological polar surface area (TPSA) is 42.0 Å². The molecule has 0 amide bonds. The largest absolute Gasteiger partial charge is 0.466 e. The van der Waals surface area contributed by atoms with Crippen molar-refractivity contribution < 1.29 is 14.3 Å². The summed E-state index contributed by atoms with van der Waals surface area (Å²) in [5.41, 5.74) is -0.0643. The normalized spacial score (nSPS) is 33.0. The van der Waals surface area contributed by atoms with Gasteiger partial charge in [0.05, 0.1) is 19.1 Å². The van der Waals surface area contributed by atoms with Crippen molar-refractivity contribution in [3.05, 3.63) is 0 Å². The lowest BCUT2D eigenvalue weighted by atomic mass is 9.81. The summed E-state index contributed by atoms with van der Waals surface area (Å²) in [6.07, 6.45) is 2.58. The number of hydrogen-bond donors (Lipinski definition) is 0. The van der Waals surface area contributed by atoms with Crippen LogP contribution >= 0.6 is 0 Å². The zero-order valence-corrected chi connectivity index (χ0v) is 13.1. The molecule has 2 unspecified atom stereocenters. The Balaban J connectivity index is 2.08. The SMILES string of the molecule is CCOC(=O)CC1(N2CCN(C)CC2)CCOC(C)C1. The molecule has 2 aliphatic heterocycles. The maximum absolute atomic E-state index is 12.0. The lowest BCUT2D eigenvalue weighted by molar-refractivity contribution is -0.151. The average Bonchev–Trinajstić information content (AvgIpc) is 2.39. The molecule has 5 nitrogen and oxygen atoms in total. The number of nitrogens with zero attached hydrogens (tertiary/aromatic N) is 2. The van der Waals surface area contributed by atoms with Gasteiger partial charge in [-0.15, -0.1) is 0 Å². The Labute approximate surface area is 122 Å². The van der Waals surface area contributed by atoms with Crippen molar-refractivity contribution in [1.82, 2.24) is 9.80 Å². The number of esters is 1. The standard InChI is InChI=1S/C15H28N2O3/c1-4-19-14(18)12-15(5-10-20-13(2)11-15)17-8-6-16(3)7-9-17/h13H,4-12H2,1-3H3. The van der Waals surface area contributed by atoms with Crippen LogP contribution in [-0.4, -0.2) is 73.9 Å². The van der Waals surface area contributed by atoms with E-state index in [0.29, 0.717) is 13.0 Å². The van der Waals surface area contributed by atoms with E-state index in [2.05, 4.69) is 23.8 Å². The Morgan fingerprint density at radius 3 is 2.65 bits per heavy atom. The van der Waals surface area contributed by atoms with Gasteiger partial charge in [0.2, 0.25) is 0 Å². The van der Waals surface area contributed by atoms with Crippen molar-refractivity contribution in [3.63, 3.8) is 0 Å². The molecule has 20 heavy (non-hydrogen) atoms. The van der Waals surface area contributed by atoms with Gasteiger partial charge in [-0.05, 0) is 33.7 Å². The Morgan fingerprint density at radius 1 is 1.35 bits per heavy atom. The van der Waals surface area contributed by atoms with E-state index in [4.69, 9.17) is 9.47 Å². The monoisotopic (exact) mass is 284 g/mol. The molecule has 2 aliphatic rings. The molecule has 2 saturated heterocycles. The number of carbonyl (C=O) groups excluding carboxylic acids is 1. The first-order valence-corrected chi connectivity index (χ1v) is 7.76. The van der Waals surface area contributed by atoms with Crippen LogP contribution in [-0.2, 0) is 14.3 Å². The molecule has 116 valence electrons. The summed E-state index contributed by atoms with van der Waals surface area (Å²) in [5.74, 6) is -0.0690. The van der Waals surface area contributed by atoms with Gasteiger partial charge >= 0.3 is 5.97 Å². The highest BCUT2D eigenvalue weighted by atomic mass is 16.5. The first-order valence-electron chi connectivity index (χ1n) is 7.76. The fraction of sp³-hybridized carbons (Fsp3) is 0.933. The van der Waals surface area contributed by atoms with Crippen molar-refractivity contribution in [2.24, 2.45) is 0 Å². The molecule has 0 radical (unpaired) electrons. The van der Waals surface area contributed by atoms with Gasteiger partial charge in [-0.3, -0.25) is 9.69 Å². The van der Waals surface area contributed by atoms with Crippen LogP contribution in [0.4, 0.5) is 0 Å². The lowest BCUT2D eigenvalue weighted by Crippen LogP contribution is -2.60. The van der Waals surface area contributed by atoms with Gasteiger partial charge in [-0.1, -0.05) is 0 Å². The molecule has 0 N–H and O–H groups in total. The summed E-state index contributed by atoms with van der Waals surface area (Å²) >= 11 is 0. The van der Waals surface area contributed by atoms with E-state index < -0.39 is 0 Å². The summed E-state index contributed by atoms with van der Waals surface area (Å²) in [6.45, 7) is 9.38. The lowest BCUT2D eigenvalue weighted by Gasteiger charge is -2.50. The fourth-order valence-corrected chi connectivity index (χ4v) is 3.47. The van der Waals surface area contributed by atoms with Crippen LogP contribution in [0, 0.1) is 0 Å². The zero-order chi connectivity index (χ0) is 14.6. The molecule has 0 saturated carbocycles. The van der Waals surface area contributed by atoms with E-state index in [1.165, 1.54) is 0 Å². The highest BCUT2D eigenvalue weighted by Gasteiger charge is 2.43. The molecular formula is C15H28N2O3. The van der Waals surface area contributed by atoms with Gasteiger partial charge in [0.1, 0.15) is 0 Å². The molecule has 2 rings (SSSR count). The molecular weight excluding hydrogens is 256 g/mol. The predicted octanol–water partition coefficient (Wildman–Crippen LogP) is 1.12. The van der Waals surface area contributed by atoms with Crippen molar-refractivity contribution in [3.8, 4) is 0 Å². The first-order chi connectivity index (χ1) is 9.55. The van der Waals surface area contributed by atoms with Crippen LogP contribution in [0.5, 0.6) is 0 Å². The minimum absolute atomic E-state index is 0.0643. The first kappa shape index (κ1) is 15.7. The second kappa shape index (κ2) is 6.87. The molecule has 0 aromatic carbocycles. The number of likely N-dealkylation sites (N-methyl/N-ethyl adjacent to an activating group) is 1. The molecule has 0 aromatic heterocycles. The third-order valence-corrected chi connectivity index (χ3v) is 4.59. The quantitative estimate of drug-likeness (QED) is 0.724. The average molecular weight is 284 g/mol. The van der Waals surface area contributed by atoms with Crippen LogP contribution in [0.3, 0.4) is 0 Å². The molecule has 0 spiro atoms. The molecule has 2 atom stereocenters. The maximum atomic E-state index is 12.0. The van der Waals surface area contributed by atoms with Gasteiger partial charge in [-0.2, -0.15) is 0 Å². The Bertz CT molecular complexity index is 329. The highest BCUT2D eigenvalue weighted by Crippen LogP contribution is 2.35. The number of rotatable bonds is 4.